The molecule has 1 aromatic rings. The van der Waals surface area contributed by atoms with Crippen molar-refractivity contribution in [3.63, 3.8) is 0 Å². The van der Waals surface area contributed by atoms with E-state index in [1.807, 2.05) is 0 Å². The molecule has 0 aromatic heterocycles. The topological polar surface area (TPSA) is 150 Å². The molecule has 186 valence electrons. The van der Waals surface area contributed by atoms with Crippen LogP contribution in [0, 0.1) is 0 Å². The highest BCUT2D eigenvalue weighted by molar-refractivity contribution is 6.61. The Morgan fingerprint density at radius 1 is 0.735 bits per heavy atom. The van der Waals surface area contributed by atoms with Gasteiger partial charge in [-0.25, -0.2) is 4.79 Å². The first-order chi connectivity index (χ1) is 16.0. The number of hydrogen-bond acceptors (Lipinski definition) is 12. The normalized spacial score (nSPS) is 23.7. The summed E-state index contributed by atoms with van der Waals surface area (Å²) in [6, 6.07) is 6.11. The summed E-state index contributed by atoms with van der Waals surface area (Å²) in [5.74, 6) is -2.94. The van der Waals surface area contributed by atoms with Crippen molar-refractivity contribution in [2.24, 2.45) is 0 Å². The second-order valence-corrected chi connectivity index (χ2v) is 7.30. The number of carbonyl (C=O) groups is 5. The van der Waals surface area contributed by atoms with Crippen LogP contribution < -0.4 is 4.74 Å². The molecule has 1 heterocycles. The van der Waals surface area contributed by atoms with Crippen LogP contribution in [0.15, 0.2) is 24.3 Å². The van der Waals surface area contributed by atoms with Crippen molar-refractivity contribution in [2.45, 2.75) is 65.2 Å². The molecular formula is C21H23ClO12. The zero-order valence-electron chi connectivity index (χ0n) is 18.7. The zero-order chi connectivity index (χ0) is 25.4. The summed E-state index contributed by atoms with van der Waals surface area (Å²) in [5.41, 5.74) is -0.372. The Balaban J connectivity index is 2.37. The molecule has 5 atom stereocenters. The van der Waals surface area contributed by atoms with E-state index in [1.54, 1.807) is 12.1 Å². The molecule has 0 N–H and O–H groups in total. The number of carbonyl (C=O) groups excluding carboxylic acids is 5. The van der Waals surface area contributed by atoms with Gasteiger partial charge in [0.2, 0.25) is 24.8 Å². The lowest BCUT2D eigenvalue weighted by atomic mass is 10.0. The second-order valence-electron chi connectivity index (χ2n) is 6.99. The lowest BCUT2D eigenvalue weighted by Crippen LogP contribution is -2.63. The summed E-state index contributed by atoms with van der Waals surface area (Å²) in [6.07, 6.45) is -7.30. The molecule has 1 aromatic carbocycles. The molecule has 1 saturated heterocycles. The van der Waals surface area contributed by atoms with Gasteiger partial charge in [-0.15, -0.1) is 0 Å². The average molecular weight is 503 g/mol. The van der Waals surface area contributed by atoms with Crippen molar-refractivity contribution in [3.8, 4) is 5.75 Å². The maximum absolute atomic E-state index is 11.8. The highest BCUT2D eigenvalue weighted by Gasteiger charge is 2.54. The van der Waals surface area contributed by atoms with Gasteiger partial charge in [0.05, 0.1) is 0 Å². The lowest BCUT2D eigenvalue weighted by molar-refractivity contribution is -0.328. The van der Waals surface area contributed by atoms with E-state index in [2.05, 4.69) is 4.74 Å². The van der Waals surface area contributed by atoms with Gasteiger partial charge in [-0.1, -0.05) is 12.1 Å². The Hall–Kier alpha value is -3.38. The summed E-state index contributed by atoms with van der Waals surface area (Å²) < 4.78 is 36.9. The molecule has 0 spiro atoms. The van der Waals surface area contributed by atoms with Gasteiger partial charge < -0.3 is 28.4 Å². The van der Waals surface area contributed by atoms with Crippen LogP contribution in [-0.4, -0.2) is 60.2 Å². The van der Waals surface area contributed by atoms with Gasteiger partial charge in [-0.05, 0) is 17.7 Å². The van der Waals surface area contributed by atoms with Crippen molar-refractivity contribution in [2.75, 3.05) is 0 Å². The Morgan fingerprint density at radius 3 is 1.68 bits per heavy atom. The van der Waals surface area contributed by atoms with E-state index in [0.717, 1.165) is 27.7 Å². The molecule has 0 aliphatic carbocycles. The Labute approximate surface area is 199 Å². The molecular weight excluding hydrogens is 480 g/mol. The minimum Gasteiger partial charge on any atom is -0.461 e. The third-order valence-corrected chi connectivity index (χ3v) is 4.28. The average Bonchev–Trinajstić information content (AvgIpc) is 2.71. The van der Waals surface area contributed by atoms with E-state index in [-0.39, 0.29) is 12.4 Å². The Morgan fingerprint density at radius 2 is 1.21 bits per heavy atom. The van der Waals surface area contributed by atoms with Crippen molar-refractivity contribution in [1.82, 2.24) is 0 Å². The van der Waals surface area contributed by atoms with Gasteiger partial charge in [0.15, 0.2) is 6.10 Å². The monoisotopic (exact) mass is 502 g/mol. The van der Waals surface area contributed by atoms with Crippen LogP contribution >= 0.6 is 11.6 Å². The number of rotatable bonds is 8. The number of benzene rings is 1. The van der Waals surface area contributed by atoms with Gasteiger partial charge in [0.25, 0.3) is 0 Å². The summed E-state index contributed by atoms with van der Waals surface area (Å²) in [6.45, 7) is 4.30. The van der Waals surface area contributed by atoms with Gasteiger partial charge in [0.1, 0.15) is 12.4 Å². The first-order valence-electron chi connectivity index (χ1n) is 9.88. The van der Waals surface area contributed by atoms with Crippen LogP contribution in [-0.2, 0) is 54.2 Å². The number of ether oxygens (including phenoxy) is 7. The molecule has 13 heteroatoms. The maximum atomic E-state index is 11.8. The van der Waals surface area contributed by atoms with E-state index in [0.29, 0.717) is 5.56 Å². The minimum absolute atomic E-state index is 0.0776. The molecule has 1 aliphatic rings. The third-order valence-electron chi connectivity index (χ3n) is 4.17. The van der Waals surface area contributed by atoms with Gasteiger partial charge >= 0.3 is 29.3 Å². The Kier molecular flexibility index (Phi) is 9.63. The fourth-order valence-electron chi connectivity index (χ4n) is 3.03. The SMILES string of the molecule is CC(=O)O[C@H]1O[C@@H](Oc2ccc(COC(=O)Cl)cc2)[C@H](OC(C)=O)[C@@H](OC(C)=O)[C@H]1OC(C)=O. The van der Waals surface area contributed by atoms with E-state index in [9.17, 15) is 24.0 Å². The van der Waals surface area contributed by atoms with E-state index >= 15 is 0 Å². The minimum atomic E-state index is -1.55. The van der Waals surface area contributed by atoms with Crippen molar-refractivity contribution in [1.29, 1.82) is 0 Å². The molecule has 0 saturated carbocycles. The molecule has 2 rings (SSSR count). The van der Waals surface area contributed by atoms with Crippen LogP contribution in [0.2, 0.25) is 0 Å². The standard InChI is InChI=1S/C21H23ClO12/c1-10(23)29-16-17(30-11(2)24)19(32-13(4)26)34-20(18(16)31-12(3)25)33-15-7-5-14(6-8-15)9-28-21(22)27/h5-8,16-20H,9H2,1-4H3/t16-,17+,18+,19-,20+/m0/s1. The molecule has 34 heavy (non-hydrogen) atoms. The second kappa shape index (κ2) is 12.2. The fourth-order valence-corrected chi connectivity index (χ4v) is 3.08. The lowest BCUT2D eigenvalue weighted by Gasteiger charge is -2.43. The first-order valence-corrected chi connectivity index (χ1v) is 10.3. The van der Waals surface area contributed by atoms with Crippen LogP contribution in [0.1, 0.15) is 33.3 Å². The predicted octanol–water partition coefficient (Wildman–Crippen LogP) is 1.98. The maximum Gasteiger partial charge on any atom is 0.404 e. The van der Waals surface area contributed by atoms with E-state index in [4.69, 9.17) is 40.0 Å². The molecule has 0 bridgehead atoms. The Bertz CT molecular complexity index is 915. The smallest absolute Gasteiger partial charge is 0.404 e. The summed E-state index contributed by atoms with van der Waals surface area (Å²) in [4.78, 5) is 57.6. The van der Waals surface area contributed by atoms with Gasteiger partial charge in [0, 0.05) is 39.3 Å². The van der Waals surface area contributed by atoms with Crippen LogP contribution in [0.25, 0.3) is 0 Å². The summed E-state index contributed by atoms with van der Waals surface area (Å²) in [5, 5.41) is 0. The first kappa shape index (κ1) is 26.9. The number of esters is 4. The van der Waals surface area contributed by atoms with E-state index in [1.165, 1.54) is 12.1 Å². The summed E-state index contributed by atoms with van der Waals surface area (Å²) in [7, 11) is 0. The predicted molar refractivity (Wildman–Crippen MR) is 110 cm³/mol. The van der Waals surface area contributed by atoms with Crippen molar-refractivity contribution >= 4 is 40.9 Å². The van der Waals surface area contributed by atoms with Crippen LogP contribution in [0.3, 0.4) is 0 Å². The highest BCUT2D eigenvalue weighted by Crippen LogP contribution is 2.31. The summed E-state index contributed by atoms with van der Waals surface area (Å²) >= 11 is 5.14. The van der Waals surface area contributed by atoms with E-state index < -0.39 is 60.2 Å². The van der Waals surface area contributed by atoms with Gasteiger partial charge in [-0.2, -0.15) is 0 Å². The molecule has 1 aliphatic heterocycles. The van der Waals surface area contributed by atoms with Crippen molar-refractivity contribution < 1.29 is 57.1 Å². The largest absolute Gasteiger partial charge is 0.461 e. The van der Waals surface area contributed by atoms with Crippen molar-refractivity contribution in [3.05, 3.63) is 29.8 Å². The molecule has 1 fully saturated rings. The molecule has 12 nitrogen and oxygen atoms in total. The zero-order valence-corrected chi connectivity index (χ0v) is 19.4. The molecule has 0 radical (unpaired) electrons. The van der Waals surface area contributed by atoms with Crippen LogP contribution in [0.4, 0.5) is 4.79 Å². The quantitative estimate of drug-likeness (QED) is 0.290. The molecule has 0 amide bonds. The van der Waals surface area contributed by atoms with Crippen LogP contribution in [0.5, 0.6) is 5.75 Å². The number of hydrogen-bond donors (Lipinski definition) is 0. The fraction of sp³-hybridized carbons (Fsp3) is 0.476. The number of halogens is 1. The third kappa shape index (κ3) is 8.19. The molecule has 0 unspecified atom stereocenters. The highest BCUT2D eigenvalue weighted by atomic mass is 35.5. The van der Waals surface area contributed by atoms with Gasteiger partial charge in [-0.3, -0.25) is 23.9 Å².